The number of rotatable bonds is 2. The largest absolute Gasteiger partial charge is 0.417 e. The molecule has 2 aromatic carbocycles. The molecule has 2 rings (SSSR count). The van der Waals surface area contributed by atoms with E-state index >= 15 is 0 Å². The van der Waals surface area contributed by atoms with Gasteiger partial charge in [0.25, 0.3) is 0 Å². The first-order valence-corrected chi connectivity index (χ1v) is 10.7. The Bertz CT molecular complexity index is 848. The van der Waals surface area contributed by atoms with Crippen molar-refractivity contribution in [2.75, 3.05) is 0 Å². The number of alkyl halides is 12. The van der Waals surface area contributed by atoms with E-state index in [9.17, 15) is 52.7 Å². The van der Waals surface area contributed by atoms with Crippen molar-refractivity contribution in [1.82, 2.24) is 0 Å². The van der Waals surface area contributed by atoms with Gasteiger partial charge < -0.3 is 0 Å². The molecule has 2 aromatic rings. The Hall–Kier alpha value is -1.49. The second kappa shape index (κ2) is 7.89. The van der Waals surface area contributed by atoms with Gasteiger partial charge in [-0.05, 0) is 39.8 Å². The molecule has 0 radical (unpaired) electrons. The molecule has 166 valence electrons. The van der Waals surface area contributed by atoms with E-state index in [2.05, 4.69) is 15.5 Å². The van der Waals surface area contributed by atoms with Crippen LogP contribution in [0.4, 0.5) is 52.7 Å². The number of benzene rings is 2. The zero-order valence-corrected chi connectivity index (χ0v) is 16.3. The Morgan fingerprint density at radius 2 is 0.800 bits per heavy atom. The van der Waals surface area contributed by atoms with Crippen LogP contribution in [-0.4, -0.2) is 0 Å². The molecule has 0 saturated heterocycles. The molecule has 0 amide bonds. The second-order valence-electron chi connectivity index (χ2n) is 5.74. The van der Waals surface area contributed by atoms with Crippen LogP contribution >= 0.6 is 22.1 Å². The van der Waals surface area contributed by atoms with E-state index in [1.54, 1.807) is 0 Å². The van der Waals surface area contributed by atoms with E-state index < -0.39 is 64.2 Å². The zero-order valence-electron chi connectivity index (χ0n) is 13.8. The van der Waals surface area contributed by atoms with Crippen LogP contribution in [0.15, 0.2) is 36.4 Å². The maximum Gasteiger partial charge on any atom is 0.417 e. The lowest BCUT2D eigenvalue weighted by Gasteiger charge is -2.22. The summed E-state index contributed by atoms with van der Waals surface area (Å²) in [7, 11) is 0. The van der Waals surface area contributed by atoms with Crippen LogP contribution < -0.4 is 10.6 Å². The first-order chi connectivity index (χ1) is 13.3. The summed E-state index contributed by atoms with van der Waals surface area (Å²) in [5.41, 5.74) is -7.07. The van der Waals surface area contributed by atoms with Gasteiger partial charge in [-0.15, -0.1) is 0 Å². The summed E-state index contributed by atoms with van der Waals surface area (Å²) < 4.78 is 156. The van der Waals surface area contributed by atoms with Gasteiger partial charge in [0.15, 0.2) is 0 Å². The highest BCUT2D eigenvalue weighted by Crippen LogP contribution is 2.50. The molecule has 0 unspecified atom stereocenters. The standard InChI is InChI=1S/C16H6BrF12P/c17-30(11-3-1-7(13(18,19)20)5-9(11)15(24,25)26)12-4-2-8(14(21,22)23)6-10(12)16(27,28)29/h1-6H. The summed E-state index contributed by atoms with van der Waals surface area (Å²) >= 11 is 2.63. The van der Waals surface area contributed by atoms with Crippen molar-refractivity contribution in [2.45, 2.75) is 24.7 Å². The zero-order chi connectivity index (χ0) is 23.3. The van der Waals surface area contributed by atoms with Crippen LogP contribution in [0.3, 0.4) is 0 Å². The molecule has 0 nitrogen and oxygen atoms in total. The van der Waals surface area contributed by atoms with Crippen molar-refractivity contribution in [3.8, 4) is 0 Å². The smallest absolute Gasteiger partial charge is 0.166 e. The Kier molecular flexibility index (Phi) is 6.51. The van der Waals surface area contributed by atoms with Crippen molar-refractivity contribution in [1.29, 1.82) is 0 Å². The van der Waals surface area contributed by atoms with Crippen LogP contribution in [-0.2, 0) is 24.7 Å². The SMILES string of the molecule is FC(F)(F)c1ccc(P(Br)c2ccc(C(F)(F)F)cc2C(F)(F)F)c(C(F)(F)F)c1. The maximum atomic E-state index is 13.3. The van der Waals surface area contributed by atoms with Gasteiger partial charge in [0.1, 0.15) is 0 Å². The van der Waals surface area contributed by atoms with E-state index in [1.165, 1.54) is 0 Å². The minimum Gasteiger partial charge on any atom is -0.166 e. The van der Waals surface area contributed by atoms with Gasteiger partial charge in [0, 0.05) is 17.2 Å². The van der Waals surface area contributed by atoms with Gasteiger partial charge in [0.2, 0.25) is 0 Å². The Balaban J connectivity index is 2.73. The molecule has 0 heterocycles. The molecular weight excluding hydrogens is 531 g/mol. The van der Waals surface area contributed by atoms with Gasteiger partial charge in [-0.25, -0.2) is 0 Å². The summed E-state index contributed by atoms with van der Waals surface area (Å²) in [5, 5.41) is -1.92. The third kappa shape index (κ3) is 5.40. The van der Waals surface area contributed by atoms with E-state index in [-0.39, 0.29) is 24.3 Å². The molecule has 0 aliphatic rings. The Morgan fingerprint density at radius 3 is 1.03 bits per heavy atom. The molecule has 0 bridgehead atoms. The molecule has 0 spiro atoms. The van der Waals surface area contributed by atoms with Gasteiger partial charge in [-0.2, -0.15) is 52.7 Å². The molecule has 14 heteroatoms. The third-order valence-electron chi connectivity index (χ3n) is 3.68. The fourth-order valence-corrected chi connectivity index (χ4v) is 5.68. The van der Waals surface area contributed by atoms with Crippen molar-refractivity contribution in [3.63, 3.8) is 0 Å². The molecule has 0 N–H and O–H groups in total. The van der Waals surface area contributed by atoms with Crippen LogP contribution in [0.25, 0.3) is 0 Å². The quantitative estimate of drug-likeness (QED) is 0.275. The molecule has 0 fully saturated rings. The molecule has 0 atom stereocenters. The van der Waals surface area contributed by atoms with E-state index in [4.69, 9.17) is 0 Å². The second-order valence-corrected chi connectivity index (χ2v) is 9.39. The summed E-state index contributed by atoms with van der Waals surface area (Å²) in [4.78, 5) is 0. The molecular formula is C16H6BrF12P. The predicted octanol–water partition coefficient (Wildman–Crippen LogP) is 7.50. The van der Waals surface area contributed by atoms with Crippen LogP contribution in [0.1, 0.15) is 22.3 Å². The van der Waals surface area contributed by atoms with Crippen LogP contribution in [0.2, 0.25) is 0 Å². The normalized spacial score (nSPS) is 13.8. The van der Waals surface area contributed by atoms with Crippen molar-refractivity contribution in [3.05, 3.63) is 58.7 Å². The molecule has 0 aliphatic carbocycles. The van der Waals surface area contributed by atoms with Crippen molar-refractivity contribution in [2.24, 2.45) is 0 Å². The topological polar surface area (TPSA) is 0 Å². The highest BCUT2D eigenvalue weighted by molar-refractivity contribution is 9.40. The van der Waals surface area contributed by atoms with Gasteiger partial charge in [-0.3, -0.25) is 0 Å². The summed E-state index contributed by atoms with van der Waals surface area (Å²) in [6.45, 7) is -2.80. The van der Waals surface area contributed by atoms with Gasteiger partial charge >= 0.3 is 24.7 Å². The highest BCUT2D eigenvalue weighted by atomic mass is 79.9. The molecule has 30 heavy (non-hydrogen) atoms. The van der Waals surface area contributed by atoms with Crippen LogP contribution in [0.5, 0.6) is 0 Å². The summed E-state index contributed by atoms with van der Waals surface area (Å²) in [6, 6.07) is 0.678. The fraction of sp³-hybridized carbons (Fsp3) is 0.250. The number of hydrogen-bond acceptors (Lipinski definition) is 0. The monoisotopic (exact) mass is 536 g/mol. The summed E-state index contributed by atoms with van der Waals surface area (Å²) in [5.74, 6) is 0. The minimum atomic E-state index is -5.37. The third-order valence-corrected chi connectivity index (χ3v) is 7.60. The van der Waals surface area contributed by atoms with Crippen LogP contribution in [0, 0.1) is 0 Å². The Morgan fingerprint density at radius 1 is 0.500 bits per heavy atom. The first-order valence-electron chi connectivity index (χ1n) is 7.36. The Labute approximate surface area is 169 Å². The highest BCUT2D eigenvalue weighted by Gasteiger charge is 2.42. The first kappa shape index (κ1) is 24.8. The lowest BCUT2D eigenvalue weighted by atomic mass is 10.1. The van der Waals surface area contributed by atoms with E-state index in [0.29, 0.717) is 12.1 Å². The predicted molar refractivity (Wildman–Crippen MR) is 88.0 cm³/mol. The maximum absolute atomic E-state index is 13.3. The minimum absolute atomic E-state index is 0.249. The number of hydrogen-bond donors (Lipinski definition) is 0. The lowest BCUT2D eigenvalue weighted by Crippen LogP contribution is -2.26. The van der Waals surface area contributed by atoms with Gasteiger partial charge in [0.05, 0.1) is 22.3 Å². The fourth-order valence-electron chi connectivity index (χ4n) is 2.35. The van der Waals surface area contributed by atoms with E-state index in [1.807, 2.05) is 0 Å². The average molecular weight is 537 g/mol. The summed E-state index contributed by atoms with van der Waals surface area (Å²) in [6.07, 6.45) is -21.0. The molecule has 0 saturated carbocycles. The average Bonchev–Trinajstić information content (AvgIpc) is 2.57. The number of halogens is 13. The van der Waals surface area contributed by atoms with Crippen molar-refractivity contribution >= 4 is 32.7 Å². The lowest BCUT2D eigenvalue weighted by molar-refractivity contribution is -0.144. The van der Waals surface area contributed by atoms with E-state index in [0.717, 1.165) is 0 Å². The van der Waals surface area contributed by atoms with Crippen molar-refractivity contribution < 1.29 is 52.7 Å². The van der Waals surface area contributed by atoms with Gasteiger partial charge in [-0.1, -0.05) is 12.1 Å². The molecule has 0 aromatic heterocycles. The molecule has 0 aliphatic heterocycles.